The van der Waals surface area contributed by atoms with Gasteiger partial charge in [-0.2, -0.15) is 0 Å². The average Bonchev–Trinajstić information content (AvgIpc) is 3.23. The Morgan fingerprint density at radius 1 is 1.32 bits per heavy atom. The van der Waals surface area contributed by atoms with Gasteiger partial charge in [0.15, 0.2) is 23.4 Å². The Hall–Kier alpha value is -1.55. The molecule has 1 spiro atoms. The number of aliphatic hydroxyl groups is 1. The molecule has 2 bridgehead atoms. The van der Waals surface area contributed by atoms with Crippen LogP contribution in [0.3, 0.4) is 0 Å². The highest BCUT2D eigenvalue weighted by molar-refractivity contribution is 5.90. The Morgan fingerprint density at radius 3 is 2.96 bits per heavy atom. The van der Waals surface area contributed by atoms with Crippen LogP contribution in [-0.4, -0.2) is 30.2 Å². The van der Waals surface area contributed by atoms with Crippen molar-refractivity contribution in [1.82, 2.24) is 0 Å². The summed E-state index contributed by atoms with van der Waals surface area (Å²) in [6, 6.07) is 4.15. The molecule has 0 radical (unpaired) electrons. The van der Waals surface area contributed by atoms with Crippen LogP contribution in [0.15, 0.2) is 12.1 Å². The minimum absolute atomic E-state index is 0.0716. The first-order chi connectivity index (χ1) is 12.0. The van der Waals surface area contributed by atoms with Crippen LogP contribution in [0.25, 0.3) is 0 Å². The fraction of sp³-hybridized carbons (Fsp3) is 0.667. The molecule has 3 unspecified atom stereocenters. The molecule has 7 atom stereocenters. The third-order valence-electron chi connectivity index (χ3n) is 8.67. The zero-order valence-electron chi connectivity index (χ0n) is 14.7. The molecular formula is C21H24O4. The van der Waals surface area contributed by atoms with Gasteiger partial charge in [-0.3, -0.25) is 4.79 Å². The Kier molecular flexibility index (Phi) is 2.47. The molecule has 1 heterocycles. The second-order valence-electron chi connectivity index (χ2n) is 9.04. The Balaban J connectivity index is 1.74. The summed E-state index contributed by atoms with van der Waals surface area (Å²) in [5.74, 6) is 3.16. The summed E-state index contributed by atoms with van der Waals surface area (Å²) in [6.07, 6.45) is 3.76. The number of aryl methyl sites for hydroxylation is 1. The molecule has 0 aromatic heterocycles. The first kappa shape index (κ1) is 14.6. The standard InChI is InChI=1S/C21H24O4/c1-20-12-7-11-4-3-10-5-6-15(24-2)18-17(10)21(20,13(11)8-12)19(25-18)14(22)9-16(20)23/h5-6,11-13,16,19,23H,3-4,7-9H2,1-2H3/t11?,12-,13?,16-,19+,20-,21?/m1/s1. The van der Waals surface area contributed by atoms with Crippen molar-refractivity contribution in [2.24, 2.45) is 23.2 Å². The van der Waals surface area contributed by atoms with Gasteiger partial charge in [0.2, 0.25) is 0 Å². The van der Waals surface area contributed by atoms with E-state index in [9.17, 15) is 9.90 Å². The van der Waals surface area contributed by atoms with E-state index >= 15 is 0 Å². The molecule has 25 heavy (non-hydrogen) atoms. The van der Waals surface area contributed by atoms with E-state index in [0.717, 1.165) is 24.3 Å². The second-order valence-corrected chi connectivity index (χ2v) is 9.04. The van der Waals surface area contributed by atoms with E-state index in [-0.39, 0.29) is 23.0 Å². The number of benzene rings is 1. The van der Waals surface area contributed by atoms with E-state index in [4.69, 9.17) is 9.47 Å². The number of hydrogen-bond acceptors (Lipinski definition) is 4. The topological polar surface area (TPSA) is 55.8 Å². The Bertz CT molecular complexity index is 816. The van der Waals surface area contributed by atoms with Crippen molar-refractivity contribution in [3.8, 4) is 11.5 Å². The van der Waals surface area contributed by atoms with Gasteiger partial charge in [0.05, 0.1) is 18.6 Å². The van der Waals surface area contributed by atoms with Gasteiger partial charge in [0, 0.05) is 17.4 Å². The molecule has 4 nitrogen and oxygen atoms in total. The van der Waals surface area contributed by atoms with Gasteiger partial charge in [0.1, 0.15) is 0 Å². The van der Waals surface area contributed by atoms with E-state index in [0.29, 0.717) is 17.8 Å². The number of ketones is 1. The number of hydrogen-bond donors (Lipinski definition) is 1. The monoisotopic (exact) mass is 340 g/mol. The van der Waals surface area contributed by atoms with Gasteiger partial charge >= 0.3 is 0 Å². The SMILES string of the molecule is COc1ccc2c3c1O[C@H]1C(=O)C[C@@H](O)[C@@]4(C)[C@@H]5CC(CC2)C(C5)C314. The molecular weight excluding hydrogens is 316 g/mol. The molecule has 3 saturated carbocycles. The first-order valence-corrected chi connectivity index (χ1v) is 9.61. The lowest BCUT2D eigenvalue weighted by molar-refractivity contribution is -0.163. The van der Waals surface area contributed by atoms with Gasteiger partial charge in [-0.25, -0.2) is 0 Å². The highest BCUT2D eigenvalue weighted by atomic mass is 16.5. The molecule has 132 valence electrons. The van der Waals surface area contributed by atoms with Crippen LogP contribution < -0.4 is 9.47 Å². The number of Topliss-reactive ketones (excluding diaryl/α,β-unsaturated/α-hetero) is 1. The molecule has 0 amide bonds. The zero-order chi connectivity index (χ0) is 17.1. The van der Waals surface area contributed by atoms with Crippen LogP contribution in [0.2, 0.25) is 0 Å². The summed E-state index contributed by atoms with van der Waals surface area (Å²) in [6.45, 7) is 2.24. The lowest BCUT2D eigenvalue weighted by Gasteiger charge is -2.57. The van der Waals surface area contributed by atoms with Gasteiger partial charge in [0.25, 0.3) is 0 Å². The second kappa shape index (κ2) is 4.22. The molecule has 1 aromatic carbocycles. The molecule has 1 N–H and O–H groups in total. The van der Waals surface area contributed by atoms with Crippen molar-refractivity contribution in [3.63, 3.8) is 0 Å². The van der Waals surface area contributed by atoms with Crippen molar-refractivity contribution in [1.29, 1.82) is 0 Å². The predicted molar refractivity (Wildman–Crippen MR) is 90.9 cm³/mol. The van der Waals surface area contributed by atoms with Gasteiger partial charge in [-0.1, -0.05) is 13.0 Å². The van der Waals surface area contributed by atoms with Crippen LogP contribution in [0.5, 0.6) is 11.5 Å². The summed E-state index contributed by atoms with van der Waals surface area (Å²) in [7, 11) is 1.66. The van der Waals surface area contributed by atoms with E-state index in [2.05, 4.69) is 13.0 Å². The molecule has 5 aliphatic rings. The smallest absolute Gasteiger partial charge is 0.176 e. The van der Waals surface area contributed by atoms with E-state index in [1.54, 1.807) is 7.11 Å². The predicted octanol–water partition coefficient (Wildman–Crippen LogP) is 2.64. The maximum atomic E-state index is 13.0. The van der Waals surface area contributed by atoms with Crippen LogP contribution in [0.1, 0.15) is 43.7 Å². The minimum atomic E-state index is -0.570. The molecule has 0 saturated heterocycles. The lowest BCUT2D eigenvalue weighted by Crippen LogP contribution is -2.67. The number of carbonyl (C=O) groups excluding carboxylic acids is 1. The van der Waals surface area contributed by atoms with Crippen molar-refractivity contribution in [2.75, 3.05) is 7.11 Å². The maximum absolute atomic E-state index is 13.0. The highest BCUT2D eigenvalue weighted by Crippen LogP contribution is 2.77. The van der Waals surface area contributed by atoms with Crippen molar-refractivity contribution >= 4 is 5.78 Å². The average molecular weight is 340 g/mol. The van der Waals surface area contributed by atoms with Crippen molar-refractivity contribution in [2.45, 2.75) is 56.7 Å². The molecule has 1 aliphatic heterocycles. The lowest BCUT2D eigenvalue weighted by atomic mass is 9.45. The van der Waals surface area contributed by atoms with Crippen LogP contribution in [0.4, 0.5) is 0 Å². The van der Waals surface area contributed by atoms with Gasteiger partial charge < -0.3 is 14.6 Å². The summed E-state index contributed by atoms with van der Waals surface area (Å²) < 4.78 is 12.0. The summed E-state index contributed by atoms with van der Waals surface area (Å²) in [4.78, 5) is 13.0. The third kappa shape index (κ3) is 1.29. The molecule has 1 aromatic rings. The van der Waals surface area contributed by atoms with Gasteiger partial charge in [-0.15, -0.1) is 0 Å². The normalized spacial score (nSPS) is 48.1. The number of rotatable bonds is 1. The number of ether oxygens (including phenoxy) is 2. The molecule has 4 aliphatic carbocycles. The fourth-order valence-electron chi connectivity index (χ4n) is 7.76. The van der Waals surface area contributed by atoms with Crippen molar-refractivity contribution in [3.05, 3.63) is 23.3 Å². The molecule has 6 rings (SSSR count). The summed E-state index contributed by atoms with van der Waals surface area (Å²) in [5, 5.41) is 11.1. The summed E-state index contributed by atoms with van der Waals surface area (Å²) in [5.41, 5.74) is 1.89. The van der Waals surface area contributed by atoms with E-state index in [1.165, 1.54) is 24.0 Å². The highest BCUT2D eigenvalue weighted by Gasteiger charge is 2.79. The number of aliphatic hydroxyl groups excluding tert-OH is 1. The quantitative estimate of drug-likeness (QED) is 0.854. The van der Waals surface area contributed by atoms with Crippen LogP contribution in [-0.2, 0) is 16.6 Å². The number of fused-ring (bicyclic) bond motifs is 2. The minimum Gasteiger partial charge on any atom is -0.493 e. The van der Waals surface area contributed by atoms with Crippen LogP contribution in [0, 0.1) is 23.2 Å². The van der Waals surface area contributed by atoms with E-state index < -0.39 is 12.2 Å². The fourth-order valence-corrected chi connectivity index (χ4v) is 7.76. The number of methoxy groups -OCH3 is 1. The number of carbonyl (C=O) groups is 1. The Labute approximate surface area is 147 Å². The molecule has 3 fully saturated rings. The van der Waals surface area contributed by atoms with Crippen LogP contribution >= 0.6 is 0 Å². The van der Waals surface area contributed by atoms with Gasteiger partial charge in [-0.05, 0) is 55.1 Å². The summed E-state index contributed by atoms with van der Waals surface area (Å²) >= 11 is 0. The zero-order valence-corrected chi connectivity index (χ0v) is 14.7. The van der Waals surface area contributed by atoms with Crippen molar-refractivity contribution < 1.29 is 19.4 Å². The molecule has 4 heteroatoms. The van der Waals surface area contributed by atoms with E-state index in [1.807, 2.05) is 6.07 Å². The largest absolute Gasteiger partial charge is 0.493 e. The third-order valence-corrected chi connectivity index (χ3v) is 8.67. The first-order valence-electron chi connectivity index (χ1n) is 9.61. The Morgan fingerprint density at radius 2 is 2.16 bits per heavy atom. The maximum Gasteiger partial charge on any atom is 0.176 e.